The molecule has 0 saturated heterocycles. The first kappa shape index (κ1) is 14.9. The Morgan fingerprint density at radius 1 is 1.37 bits per heavy atom. The van der Waals surface area contributed by atoms with Gasteiger partial charge in [0, 0.05) is 6.54 Å². The molecule has 0 aliphatic rings. The van der Waals surface area contributed by atoms with Crippen molar-refractivity contribution in [3.8, 4) is 0 Å². The van der Waals surface area contributed by atoms with Crippen molar-refractivity contribution in [3.05, 3.63) is 38.2 Å². The third-order valence-corrected chi connectivity index (χ3v) is 2.52. The number of nitro groups is 2. The van der Waals surface area contributed by atoms with Crippen molar-refractivity contribution in [1.29, 1.82) is 0 Å². The van der Waals surface area contributed by atoms with E-state index in [1.807, 2.05) is 19.0 Å². The number of likely N-dealkylation sites (N-methyl/N-ethyl adjacent to an activating group) is 2. The largest absolute Gasteiger partial charge is 0.310 e. The molecule has 9 heteroatoms. The summed E-state index contributed by atoms with van der Waals surface area (Å²) in [5.41, 5.74) is -0.558. The molecule has 0 aromatic carbocycles. The number of hydrogen-bond donors (Lipinski definition) is 1. The van der Waals surface area contributed by atoms with Gasteiger partial charge in [-0.1, -0.05) is 0 Å². The molecule has 1 N–H and O–H groups in total. The molecule has 1 aromatic rings. The van der Waals surface area contributed by atoms with Crippen molar-refractivity contribution in [3.63, 3.8) is 0 Å². The van der Waals surface area contributed by atoms with Crippen LogP contribution in [0.15, 0.2) is 12.3 Å². The van der Waals surface area contributed by atoms with Crippen LogP contribution in [0.5, 0.6) is 0 Å². The summed E-state index contributed by atoms with van der Waals surface area (Å²) in [5, 5.41) is 24.5. The Bertz CT molecular complexity index is 491. The maximum absolute atomic E-state index is 11.0. The summed E-state index contributed by atoms with van der Waals surface area (Å²) in [6.45, 7) is 0.488. The van der Waals surface area contributed by atoms with E-state index in [4.69, 9.17) is 0 Å². The van der Waals surface area contributed by atoms with Gasteiger partial charge in [0.1, 0.15) is 11.9 Å². The summed E-state index contributed by atoms with van der Waals surface area (Å²) in [6, 6.07) is 0.554. The summed E-state index contributed by atoms with van der Waals surface area (Å²) < 4.78 is 0. The van der Waals surface area contributed by atoms with Crippen LogP contribution in [0.4, 0.5) is 11.4 Å². The zero-order chi connectivity index (χ0) is 14.6. The van der Waals surface area contributed by atoms with Gasteiger partial charge in [-0.05, 0) is 21.1 Å². The van der Waals surface area contributed by atoms with E-state index in [1.54, 1.807) is 7.05 Å². The minimum Gasteiger partial charge on any atom is -0.310 e. The molecule has 104 valence electrons. The van der Waals surface area contributed by atoms with Crippen LogP contribution >= 0.6 is 0 Å². The molecule has 0 bridgehead atoms. The highest BCUT2D eigenvalue weighted by molar-refractivity contribution is 5.45. The average Bonchev–Trinajstić information content (AvgIpc) is 2.34. The maximum Gasteiger partial charge on any atom is 0.299 e. The van der Waals surface area contributed by atoms with Gasteiger partial charge in [0.2, 0.25) is 0 Å². The van der Waals surface area contributed by atoms with Gasteiger partial charge in [0.15, 0.2) is 0 Å². The highest BCUT2D eigenvalue weighted by atomic mass is 16.6. The normalized spacial score (nSPS) is 12.4. The van der Waals surface area contributed by atoms with E-state index in [0.717, 1.165) is 12.3 Å². The first-order valence-corrected chi connectivity index (χ1v) is 5.47. The molecule has 1 heterocycles. The molecule has 0 fully saturated rings. The summed E-state index contributed by atoms with van der Waals surface area (Å²) >= 11 is 0. The lowest BCUT2D eigenvalue weighted by molar-refractivity contribution is -0.395. The van der Waals surface area contributed by atoms with E-state index in [9.17, 15) is 20.2 Å². The molecular formula is C10H15N5O4. The first-order valence-electron chi connectivity index (χ1n) is 5.47. The Morgan fingerprint density at radius 3 is 2.42 bits per heavy atom. The Kier molecular flexibility index (Phi) is 4.84. The number of nitrogens with one attached hydrogen (secondary N) is 1. The molecule has 0 radical (unpaired) electrons. The van der Waals surface area contributed by atoms with Crippen LogP contribution in [0.2, 0.25) is 0 Å². The Hall–Kier alpha value is -2.13. The highest BCUT2D eigenvalue weighted by Crippen LogP contribution is 2.27. The number of rotatable bonds is 6. The molecule has 0 spiro atoms. The van der Waals surface area contributed by atoms with E-state index in [2.05, 4.69) is 10.3 Å². The van der Waals surface area contributed by atoms with Gasteiger partial charge in [-0.2, -0.15) is 0 Å². The summed E-state index contributed by atoms with van der Waals surface area (Å²) in [6.07, 6.45) is 1.03. The van der Waals surface area contributed by atoms with E-state index in [-0.39, 0.29) is 17.4 Å². The van der Waals surface area contributed by atoms with Crippen LogP contribution in [0, 0.1) is 20.2 Å². The predicted octanol–water partition coefficient (Wildman–Crippen LogP) is 0.720. The van der Waals surface area contributed by atoms with Crippen molar-refractivity contribution < 1.29 is 9.85 Å². The second-order valence-electron chi connectivity index (χ2n) is 4.22. The molecule has 1 unspecified atom stereocenters. The quantitative estimate of drug-likeness (QED) is 0.597. The minimum atomic E-state index is -0.704. The fourth-order valence-corrected chi connectivity index (χ4v) is 1.65. The Labute approximate surface area is 109 Å². The van der Waals surface area contributed by atoms with E-state index >= 15 is 0 Å². The fraction of sp³-hybridized carbons (Fsp3) is 0.500. The van der Waals surface area contributed by atoms with Crippen molar-refractivity contribution in [2.45, 2.75) is 6.04 Å². The molecule has 1 atom stereocenters. The van der Waals surface area contributed by atoms with Crippen LogP contribution in [0.25, 0.3) is 0 Å². The van der Waals surface area contributed by atoms with Gasteiger partial charge in [0.25, 0.3) is 11.4 Å². The smallest absolute Gasteiger partial charge is 0.299 e. The Balaban J connectivity index is 3.25. The number of pyridine rings is 1. The predicted molar refractivity (Wildman–Crippen MR) is 67.9 cm³/mol. The monoisotopic (exact) mass is 269 g/mol. The van der Waals surface area contributed by atoms with Gasteiger partial charge >= 0.3 is 0 Å². The van der Waals surface area contributed by atoms with Crippen LogP contribution in [-0.4, -0.2) is 47.4 Å². The van der Waals surface area contributed by atoms with Gasteiger partial charge in [-0.25, -0.2) is 4.98 Å². The summed E-state index contributed by atoms with van der Waals surface area (Å²) in [4.78, 5) is 26.0. The molecular weight excluding hydrogens is 254 g/mol. The van der Waals surface area contributed by atoms with Gasteiger partial charge in [0.05, 0.1) is 22.0 Å². The maximum atomic E-state index is 11.0. The van der Waals surface area contributed by atoms with Crippen LogP contribution < -0.4 is 5.32 Å². The number of hydrogen-bond acceptors (Lipinski definition) is 7. The molecule has 0 aliphatic carbocycles. The minimum absolute atomic E-state index is 0.187. The second-order valence-corrected chi connectivity index (χ2v) is 4.22. The Morgan fingerprint density at radius 2 is 2.00 bits per heavy atom. The van der Waals surface area contributed by atoms with Crippen molar-refractivity contribution >= 4 is 11.4 Å². The SMILES string of the molecule is CNC(CN(C)C)c1ncc([N+](=O)[O-])cc1[N+](=O)[O-]. The van der Waals surface area contributed by atoms with Crippen molar-refractivity contribution in [1.82, 2.24) is 15.2 Å². The molecule has 0 saturated carbocycles. The zero-order valence-electron chi connectivity index (χ0n) is 10.9. The molecule has 0 amide bonds. The summed E-state index contributed by atoms with van der Waals surface area (Å²) in [5.74, 6) is 0. The molecule has 1 aromatic heterocycles. The van der Waals surface area contributed by atoms with Gasteiger partial charge in [-0.15, -0.1) is 0 Å². The van der Waals surface area contributed by atoms with E-state index in [1.165, 1.54) is 0 Å². The van der Waals surface area contributed by atoms with E-state index < -0.39 is 15.5 Å². The van der Waals surface area contributed by atoms with E-state index in [0.29, 0.717) is 6.54 Å². The highest BCUT2D eigenvalue weighted by Gasteiger charge is 2.26. The average molecular weight is 269 g/mol. The molecule has 19 heavy (non-hydrogen) atoms. The zero-order valence-corrected chi connectivity index (χ0v) is 10.9. The van der Waals surface area contributed by atoms with Crippen molar-refractivity contribution in [2.24, 2.45) is 0 Å². The standard InChI is InChI=1S/C10H15N5O4/c1-11-8(6-13(2)3)10-9(15(18)19)4-7(5-12-10)14(16)17/h4-5,8,11H,6H2,1-3H3. The second kappa shape index (κ2) is 6.16. The number of aromatic nitrogens is 1. The molecule has 0 aliphatic heterocycles. The number of nitrogens with zero attached hydrogens (tertiary/aromatic N) is 4. The third-order valence-electron chi connectivity index (χ3n) is 2.52. The lowest BCUT2D eigenvalue weighted by atomic mass is 10.1. The first-order chi connectivity index (χ1) is 8.86. The lowest BCUT2D eigenvalue weighted by Gasteiger charge is -2.19. The summed E-state index contributed by atoms with van der Waals surface area (Å²) in [7, 11) is 5.30. The van der Waals surface area contributed by atoms with Crippen LogP contribution in [-0.2, 0) is 0 Å². The third kappa shape index (κ3) is 3.66. The van der Waals surface area contributed by atoms with Crippen LogP contribution in [0.1, 0.15) is 11.7 Å². The lowest BCUT2D eigenvalue weighted by Crippen LogP contribution is -2.30. The van der Waals surface area contributed by atoms with Gasteiger partial charge < -0.3 is 10.2 Å². The van der Waals surface area contributed by atoms with Crippen LogP contribution in [0.3, 0.4) is 0 Å². The van der Waals surface area contributed by atoms with Gasteiger partial charge in [-0.3, -0.25) is 20.2 Å². The topological polar surface area (TPSA) is 114 Å². The fourth-order valence-electron chi connectivity index (χ4n) is 1.65. The molecule has 9 nitrogen and oxygen atoms in total. The molecule has 1 rings (SSSR count). The van der Waals surface area contributed by atoms with Crippen molar-refractivity contribution in [2.75, 3.05) is 27.7 Å².